The van der Waals surface area contributed by atoms with Gasteiger partial charge in [-0.15, -0.1) is 11.3 Å². The van der Waals surface area contributed by atoms with Crippen LogP contribution in [0.4, 0.5) is 0 Å². The second-order valence-electron chi connectivity index (χ2n) is 7.04. The van der Waals surface area contributed by atoms with Crippen molar-refractivity contribution in [1.29, 1.82) is 0 Å². The molecule has 3 heterocycles. The number of carbonyl (C=O) groups is 1. The molecule has 2 aromatic heterocycles. The maximum Gasteiger partial charge on any atom is 0.290 e. The van der Waals surface area contributed by atoms with Crippen molar-refractivity contribution in [2.75, 3.05) is 11.5 Å². The van der Waals surface area contributed by atoms with Crippen LogP contribution in [0, 0.1) is 6.92 Å². The first-order chi connectivity index (χ1) is 13.3. The maximum absolute atomic E-state index is 13.3. The van der Waals surface area contributed by atoms with E-state index in [0.29, 0.717) is 17.4 Å². The first-order valence-corrected chi connectivity index (χ1v) is 11.6. The lowest BCUT2D eigenvalue weighted by Gasteiger charge is -2.27. The number of benzene rings is 1. The van der Waals surface area contributed by atoms with Gasteiger partial charge < -0.3 is 9.32 Å². The average Bonchev–Trinajstić information content (AvgIpc) is 3.27. The van der Waals surface area contributed by atoms with Gasteiger partial charge in [-0.25, -0.2) is 8.42 Å². The summed E-state index contributed by atoms with van der Waals surface area (Å²) in [6, 6.07) is 9.76. The van der Waals surface area contributed by atoms with Crippen molar-refractivity contribution in [1.82, 2.24) is 4.90 Å². The smallest absolute Gasteiger partial charge is 0.290 e. The highest BCUT2D eigenvalue weighted by molar-refractivity contribution is 7.91. The molecular formula is C20H19NO5S2. The molecule has 3 aromatic rings. The summed E-state index contributed by atoms with van der Waals surface area (Å²) in [6.07, 6.45) is 0.385. The van der Waals surface area contributed by atoms with Crippen molar-refractivity contribution < 1.29 is 17.6 Å². The van der Waals surface area contributed by atoms with E-state index in [1.165, 1.54) is 22.3 Å². The highest BCUT2D eigenvalue weighted by Crippen LogP contribution is 2.24. The van der Waals surface area contributed by atoms with Crippen molar-refractivity contribution in [3.05, 3.63) is 68.2 Å². The highest BCUT2D eigenvalue weighted by atomic mass is 32.2. The Morgan fingerprint density at radius 2 is 2.11 bits per heavy atom. The molecule has 1 aliphatic rings. The van der Waals surface area contributed by atoms with Crippen molar-refractivity contribution >= 4 is 38.1 Å². The second-order valence-corrected chi connectivity index (χ2v) is 10.3. The molecule has 146 valence electrons. The molecule has 1 saturated heterocycles. The number of hydrogen-bond acceptors (Lipinski definition) is 6. The molecule has 6 nitrogen and oxygen atoms in total. The Balaban J connectivity index is 1.74. The lowest BCUT2D eigenvalue weighted by atomic mass is 10.1. The summed E-state index contributed by atoms with van der Waals surface area (Å²) < 4.78 is 29.7. The zero-order valence-corrected chi connectivity index (χ0v) is 16.9. The predicted octanol–water partition coefficient (Wildman–Crippen LogP) is 2.99. The van der Waals surface area contributed by atoms with Crippen LogP contribution in [0.1, 0.15) is 27.4 Å². The van der Waals surface area contributed by atoms with Gasteiger partial charge in [0.25, 0.3) is 5.91 Å². The Morgan fingerprint density at radius 1 is 1.29 bits per heavy atom. The number of sulfone groups is 1. The Kier molecular flexibility index (Phi) is 4.84. The fraction of sp³-hybridized carbons (Fsp3) is 0.300. The fourth-order valence-electron chi connectivity index (χ4n) is 3.47. The van der Waals surface area contributed by atoms with Gasteiger partial charge in [0.1, 0.15) is 5.58 Å². The van der Waals surface area contributed by atoms with Gasteiger partial charge in [-0.1, -0.05) is 12.1 Å². The average molecular weight is 418 g/mol. The SMILES string of the molecule is Cc1ccc2c(=O)cc(C(=O)N(Cc3cccs3)C3CCS(=O)(=O)C3)oc2c1. The molecular weight excluding hydrogens is 398 g/mol. The number of thiophene rings is 1. The summed E-state index contributed by atoms with van der Waals surface area (Å²) in [7, 11) is -3.17. The van der Waals surface area contributed by atoms with E-state index < -0.39 is 21.8 Å². The number of aryl methyl sites for hydroxylation is 1. The van der Waals surface area contributed by atoms with Gasteiger partial charge in [0, 0.05) is 17.0 Å². The maximum atomic E-state index is 13.3. The van der Waals surface area contributed by atoms with Gasteiger partial charge in [0.15, 0.2) is 21.0 Å². The molecule has 28 heavy (non-hydrogen) atoms. The largest absolute Gasteiger partial charge is 0.451 e. The quantitative estimate of drug-likeness (QED) is 0.652. The minimum absolute atomic E-state index is 0.0623. The van der Waals surface area contributed by atoms with Crippen LogP contribution >= 0.6 is 11.3 Å². The molecule has 1 unspecified atom stereocenters. The molecule has 0 radical (unpaired) electrons. The number of hydrogen-bond donors (Lipinski definition) is 0. The van der Waals surface area contributed by atoms with Crippen molar-refractivity contribution in [2.24, 2.45) is 0 Å². The van der Waals surface area contributed by atoms with Crippen LogP contribution in [0.25, 0.3) is 11.0 Å². The first-order valence-electron chi connectivity index (χ1n) is 8.91. The minimum atomic E-state index is -3.17. The monoisotopic (exact) mass is 417 g/mol. The van der Waals surface area contributed by atoms with Crippen LogP contribution in [0.15, 0.2) is 51.0 Å². The summed E-state index contributed by atoms with van der Waals surface area (Å²) >= 11 is 1.49. The number of nitrogens with zero attached hydrogens (tertiary/aromatic N) is 1. The number of rotatable bonds is 4. The topological polar surface area (TPSA) is 84.7 Å². The van der Waals surface area contributed by atoms with Crippen LogP contribution in [0.3, 0.4) is 0 Å². The molecule has 1 aromatic carbocycles. The lowest BCUT2D eigenvalue weighted by Crippen LogP contribution is -2.40. The fourth-order valence-corrected chi connectivity index (χ4v) is 5.90. The van der Waals surface area contributed by atoms with Gasteiger partial charge in [-0.3, -0.25) is 9.59 Å². The van der Waals surface area contributed by atoms with Gasteiger partial charge in [-0.05, 0) is 42.5 Å². The molecule has 0 spiro atoms. The molecule has 0 bridgehead atoms. The Morgan fingerprint density at radius 3 is 2.79 bits per heavy atom. The van der Waals surface area contributed by atoms with E-state index in [1.54, 1.807) is 12.1 Å². The van der Waals surface area contributed by atoms with E-state index in [2.05, 4.69) is 0 Å². The number of fused-ring (bicyclic) bond motifs is 1. The summed E-state index contributed by atoms with van der Waals surface area (Å²) in [4.78, 5) is 28.2. The van der Waals surface area contributed by atoms with Crippen LogP contribution in [0.5, 0.6) is 0 Å². The highest BCUT2D eigenvalue weighted by Gasteiger charge is 2.36. The van der Waals surface area contributed by atoms with Crippen LogP contribution < -0.4 is 5.43 Å². The molecule has 0 aliphatic carbocycles. The van der Waals surface area contributed by atoms with Gasteiger partial charge >= 0.3 is 0 Å². The van der Waals surface area contributed by atoms with E-state index in [9.17, 15) is 18.0 Å². The predicted molar refractivity (Wildman–Crippen MR) is 108 cm³/mol. The third kappa shape index (κ3) is 3.74. The minimum Gasteiger partial charge on any atom is -0.451 e. The van der Waals surface area contributed by atoms with Crippen LogP contribution in [-0.4, -0.2) is 36.8 Å². The van der Waals surface area contributed by atoms with Crippen molar-refractivity contribution in [3.63, 3.8) is 0 Å². The van der Waals surface area contributed by atoms with E-state index in [1.807, 2.05) is 30.5 Å². The standard InChI is InChI=1S/C20H19NO5S2/c1-13-4-5-16-17(22)10-19(26-18(16)9-13)20(23)21(11-15-3-2-7-27-15)14-6-8-28(24,25)12-14/h2-5,7,9-10,14H,6,8,11-12H2,1H3. The van der Waals surface area contributed by atoms with Gasteiger partial charge in [0.05, 0.1) is 23.4 Å². The summed E-state index contributed by atoms with van der Waals surface area (Å²) in [6.45, 7) is 2.16. The molecule has 0 N–H and O–H groups in total. The second kappa shape index (κ2) is 7.18. The van der Waals surface area contributed by atoms with E-state index in [-0.39, 0.29) is 29.2 Å². The van der Waals surface area contributed by atoms with Crippen LogP contribution in [-0.2, 0) is 16.4 Å². The van der Waals surface area contributed by atoms with Crippen molar-refractivity contribution in [2.45, 2.75) is 25.9 Å². The van der Waals surface area contributed by atoms with E-state index >= 15 is 0 Å². The van der Waals surface area contributed by atoms with E-state index in [0.717, 1.165) is 10.4 Å². The van der Waals surface area contributed by atoms with Gasteiger partial charge in [-0.2, -0.15) is 0 Å². The first kappa shape index (κ1) is 18.9. The van der Waals surface area contributed by atoms with Crippen molar-refractivity contribution in [3.8, 4) is 0 Å². The number of amides is 1. The number of carbonyl (C=O) groups excluding carboxylic acids is 1. The zero-order chi connectivity index (χ0) is 19.9. The Hall–Kier alpha value is -2.45. The zero-order valence-electron chi connectivity index (χ0n) is 15.3. The Labute approximate surface area is 166 Å². The lowest BCUT2D eigenvalue weighted by molar-refractivity contribution is 0.0651. The third-order valence-electron chi connectivity index (χ3n) is 4.91. The summed E-state index contributed by atoms with van der Waals surface area (Å²) in [5.41, 5.74) is 0.975. The molecule has 1 fully saturated rings. The van der Waals surface area contributed by atoms with Crippen LogP contribution in [0.2, 0.25) is 0 Å². The summed E-state index contributed by atoms with van der Waals surface area (Å²) in [5, 5.41) is 2.32. The van der Waals surface area contributed by atoms with E-state index in [4.69, 9.17) is 4.42 Å². The summed E-state index contributed by atoms with van der Waals surface area (Å²) in [5.74, 6) is -0.534. The van der Waals surface area contributed by atoms with Gasteiger partial charge in [0.2, 0.25) is 0 Å². The molecule has 1 amide bonds. The molecule has 1 aliphatic heterocycles. The third-order valence-corrected chi connectivity index (χ3v) is 7.52. The Bertz CT molecular complexity index is 1200. The molecule has 0 saturated carbocycles. The molecule has 1 atom stereocenters. The molecule has 8 heteroatoms. The molecule has 4 rings (SSSR count). The normalized spacial score (nSPS) is 18.4.